The van der Waals surface area contributed by atoms with Gasteiger partial charge in [0, 0.05) is 50.9 Å². The molecule has 0 radical (unpaired) electrons. The SMILES string of the molecule is Ic1ccc(-c2ccc3ccc4ccc(-c5cccc(-c6ccc7ccc8ccc(-c9ccc(I)cc9)nc8c7n6)c5)nc4c3n2)cc1. The molecular formula is C42H24I2N4. The van der Waals surface area contributed by atoms with Crippen LogP contribution in [0.25, 0.3) is 88.6 Å². The maximum absolute atomic E-state index is 5.20. The van der Waals surface area contributed by atoms with E-state index in [0.29, 0.717) is 0 Å². The molecule has 9 rings (SSSR count). The highest BCUT2D eigenvalue weighted by molar-refractivity contribution is 14.1. The number of benzene rings is 5. The molecule has 0 aliphatic rings. The monoisotopic (exact) mass is 838 g/mol. The summed E-state index contributed by atoms with van der Waals surface area (Å²) in [7, 11) is 0. The number of rotatable bonds is 4. The van der Waals surface area contributed by atoms with Crippen molar-refractivity contribution in [1.82, 2.24) is 19.9 Å². The summed E-state index contributed by atoms with van der Waals surface area (Å²) in [5.74, 6) is 0. The van der Waals surface area contributed by atoms with Crippen LogP contribution in [0.3, 0.4) is 0 Å². The minimum absolute atomic E-state index is 0.896. The second kappa shape index (κ2) is 12.0. The molecule has 0 aliphatic carbocycles. The van der Waals surface area contributed by atoms with E-state index < -0.39 is 0 Å². The van der Waals surface area contributed by atoms with Gasteiger partial charge in [-0.3, -0.25) is 0 Å². The number of nitrogens with zero attached hydrogens (tertiary/aromatic N) is 4. The van der Waals surface area contributed by atoms with Gasteiger partial charge in [0.25, 0.3) is 0 Å². The molecule has 0 amide bonds. The van der Waals surface area contributed by atoms with Crippen molar-refractivity contribution >= 4 is 88.8 Å². The quantitative estimate of drug-likeness (QED) is 0.131. The van der Waals surface area contributed by atoms with E-state index in [1.54, 1.807) is 0 Å². The van der Waals surface area contributed by atoms with Crippen LogP contribution in [0.4, 0.5) is 0 Å². The first-order valence-electron chi connectivity index (χ1n) is 15.6. The molecule has 4 nitrogen and oxygen atoms in total. The first-order chi connectivity index (χ1) is 23.6. The molecule has 4 aromatic heterocycles. The van der Waals surface area contributed by atoms with Gasteiger partial charge in [-0.2, -0.15) is 0 Å². The molecule has 6 heteroatoms. The number of hydrogen-bond acceptors (Lipinski definition) is 4. The summed E-state index contributed by atoms with van der Waals surface area (Å²) in [5, 5.41) is 4.27. The van der Waals surface area contributed by atoms with Crippen LogP contribution in [0.2, 0.25) is 0 Å². The lowest BCUT2D eigenvalue weighted by atomic mass is 10.0. The molecule has 0 fully saturated rings. The molecule has 9 aromatic rings. The summed E-state index contributed by atoms with van der Waals surface area (Å²) in [5.41, 5.74) is 11.5. The summed E-state index contributed by atoms with van der Waals surface area (Å²) in [6, 6.07) is 50.8. The molecule has 226 valence electrons. The predicted molar refractivity (Wildman–Crippen MR) is 215 cm³/mol. The maximum Gasteiger partial charge on any atom is 0.0972 e. The Kier molecular flexibility index (Phi) is 7.35. The number of aromatic nitrogens is 4. The van der Waals surface area contributed by atoms with Crippen LogP contribution < -0.4 is 0 Å². The normalized spacial score (nSPS) is 11.5. The van der Waals surface area contributed by atoms with Crippen LogP contribution in [0.5, 0.6) is 0 Å². The van der Waals surface area contributed by atoms with E-state index >= 15 is 0 Å². The van der Waals surface area contributed by atoms with E-state index in [9.17, 15) is 0 Å². The average Bonchev–Trinajstić information content (AvgIpc) is 3.14. The van der Waals surface area contributed by atoms with Gasteiger partial charge < -0.3 is 0 Å². The van der Waals surface area contributed by atoms with Crippen molar-refractivity contribution in [3.63, 3.8) is 0 Å². The van der Waals surface area contributed by atoms with Crippen molar-refractivity contribution in [2.45, 2.75) is 0 Å². The van der Waals surface area contributed by atoms with Gasteiger partial charge in [0.1, 0.15) is 0 Å². The van der Waals surface area contributed by atoms with Crippen LogP contribution >= 0.6 is 45.2 Å². The highest BCUT2D eigenvalue weighted by Crippen LogP contribution is 2.32. The lowest BCUT2D eigenvalue weighted by molar-refractivity contribution is 1.35. The Morgan fingerprint density at radius 3 is 0.917 bits per heavy atom. The fourth-order valence-corrected chi connectivity index (χ4v) is 6.98. The summed E-state index contributed by atoms with van der Waals surface area (Å²) in [6.07, 6.45) is 0. The average molecular weight is 838 g/mol. The molecule has 0 bridgehead atoms. The van der Waals surface area contributed by atoms with Gasteiger partial charge in [-0.1, -0.05) is 91.0 Å². The standard InChI is InChI=1S/C42H24I2N4/c43-33-16-8-25(9-17-33)35-20-12-27-4-6-29-14-22-37(47-41(29)39(27)45-35)31-2-1-3-32(24-31)38-23-15-30-7-5-28-13-21-36(46-40(28)42(30)48-38)26-10-18-34(44)19-11-26/h1-24H. The molecule has 0 unspecified atom stereocenters. The lowest BCUT2D eigenvalue weighted by Crippen LogP contribution is -1.92. The van der Waals surface area contributed by atoms with Crippen molar-refractivity contribution in [2.24, 2.45) is 0 Å². The van der Waals surface area contributed by atoms with Crippen LogP contribution in [0.15, 0.2) is 146 Å². The third kappa shape index (κ3) is 5.38. The van der Waals surface area contributed by atoms with Crippen molar-refractivity contribution in [3.05, 3.63) is 153 Å². The third-order valence-corrected chi connectivity index (χ3v) is 10.2. The fraction of sp³-hybridized carbons (Fsp3) is 0. The third-order valence-electron chi connectivity index (χ3n) is 8.77. The van der Waals surface area contributed by atoms with Gasteiger partial charge >= 0.3 is 0 Å². The van der Waals surface area contributed by atoms with Gasteiger partial charge in [-0.15, -0.1) is 0 Å². The number of hydrogen-bond donors (Lipinski definition) is 0. The van der Waals surface area contributed by atoms with Gasteiger partial charge in [0.05, 0.1) is 44.8 Å². The Labute approximate surface area is 304 Å². The van der Waals surface area contributed by atoms with Gasteiger partial charge in [-0.25, -0.2) is 19.9 Å². The Morgan fingerprint density at radius 1 is 0.292 bits per heavy atom. The topological polar surface area (TPSA) is 51.6 Å². The van der Waals surface area contributed by atoms with E-state index in [0.717, 1.165) is 88.6 Å². The summed E-state index contributed by atoms with van der Waals surface area (Å²) in [6.45, 7) is 0. The van der Waals surface area contributed by atoms with Crippen molar-refractivity contribution in [3.8, 4) is 45.0 Å². The van der Waals surface area contributed by atoms with E-state index in [1.807, 2.05) is 0 Å². The minimum Gasteiger partial charge on any atom is -0.245 e. The molecule has 5 aromatic carbocycles. The van der Waals surface area contributed by atoms with E-state index in [2.05, 4.69) is 191 Å². The Hall–Kier alpha value is -4.80. The zero-order chi connectivity index (χ0) is 32.2. The Balaban J connectivity index is 1.13. The number of pyridine rings is 4. The summed E-state index contributed by atoms with van der Waals surface area (Å²) >= 11 is 4.66. The Morgan fingerprint density at radius 2 is 0.583 bits per heavy atom. The van der Waals surface area contributed by atoms with Gasteiger partial charge in [0.2, 0.25) is 0 Å². The molecule has 4 heterocycles. The molecule has 0 spiro atoms. The first kappa shape index (κ1) is 29.3. The second-order valence-electron chi connectivity index (χ2n) is 11.8. The van der Waals surface area contributed by atoms with Gasteiger partial charge in [-0.05, 0) is 99.8 Å². The first-order valence-corrected chi connectivity index (χ1v) is 17.8. The van der Waals surface area contributed by atoms with Crippen molar-refractivity contribution in [2.75, 3.05) is 0 Å². The lowest BCUT2D eigenvalue weighted by Gasteiger charge is -2.10. The molecular weight excluding hydrogens is 814 g/mol. The zero-order valence-corrected chi connectivity index (χ0v) is 29.7. The smallest absolute Gasteiger partial charge is 0.0972 e. The number of halogens is 2. The highest BCUT2D eigenvalue weighted by atomic mass is 127. The number of fused-ring (bicyclic) bond motifs is 6. The van der Waals surface area contributed by atoms with Crippen molar-refractivity contribution in [1.29, 1.82) is 0 Å². The summed E-state index contributed by atoms with van der Waals surface area (Å²) < 4.78 is 2.40. The van der Waals surface area contributed by atoms with Crippen molar-refractivity contribution < 1.29 is 0 Å². The van der Waals surface area contributed by atoms with Crippen LogP contribution in [-0.4, -0.2) is 19.9 Å². The molecule has 48 heavy (non-hydrogen) atoms. The summed E-state index contributed by atoms with van der Waals surface area (Å²) in [4.78, 5) is 20.6. The van der Waals surface area contributed by atoms with E-state index in [-0.39, 0.29) is 0 Å². The fourth-order valence-electron chi connectivity index (χ4n) is 6.26. The zero-order valence-electron chi connectivity index (χ0n) is 25.4. The van der Waals surface area contributed by atoms with Crippen LogP contribution in [0.1, 0.15) is 0 Å². The molecule has 0 aliphatic heterocycles. The van der Waals surface area contributed by atoms with Crippen LogP contribution in [0, 0.1) is 7.14 Å². The minimum atomic E-state index is 0.896. The molecule has 0 N–H and O–H groups in total. The second-order valence-corrected chi connectivity index (χ2v) is 14.3. The van der Waals surface area contributed by atoms with E-state index in [1.165, 1.54) is 7.14 Å². The predicted octanol–water partition coefficient (Wildman–Crippen LogP) is 11.8. The van der Waals surface area contributed by atoms with E-state index in [4.69, 9.17) is 19.9 Å². The maximum atomic E-state index is 5.20. The molecule has 0 saturated heterocycles. The Bertz CT molecular complexity index is 2500. The van der Waals surface area contributed by atoms with Crippen LogP contribution in [-0.2, 0) is 0 Å². The largest absolute Gasteiger partial charge is 0.245 e. The molecule has 0 atom stereocenters. The molecule has 0 saturated carbocycles. The van der Waals surface area contributed by atoms with Gasteiger partial charge in [0.15, 0.2) is 0 Å². The highest BCUT2D eigenvalue weighted by Gasteiger charge is 2.12.